The van der Waals surface area contributed by atoms with Crippen LogP contribution in [0.15, 0.2) is 36.7 Å². The first-order valence-electron chi connectivity index (χ1n) is 7.50. The Morgan fingerprint density at radius 2 is 2.26 bits per heavy atom. The van der Waals surface area contributed by atoms with Crippen LogP contribution in [0.2, 0.25) is 5.02 Å². The maximum Gasteiger partial charge on any atom is 0.234 e. The lowest BCUT2D eigenvalue weighted by atomic mass is 10.2. The second kappa shape index (κ2) is 7.12. The van der Waals surface area contributed by atoms with Gasteiger partial charge in [-0.05, 0) is 24.1 Å². The molecule has 0 aliphatic carbocycles. The van der Waals surface area contributed by atoms with Gasteiger partial charge >= 0.3 is 0 Å². The van der Waals surface area contributed by atoms with Gasteiger partial charge in [0, 0.05) is 24.2 Å². The van der Waals surface area contributed by atoms with Crippen molar-refractivity contribution in [2.45, 2.75) is 25.2 Å². The molecule has 0 amide bonds. The summed E-state index contributed by atoms with van der Waals surface area (Å²) in [7, 11) is 0. The summed E-state index contributed by atoms with van der Waals surface area (Å²) in [5.74, 6) is 1.10. The first kappa shape index (κ1) is 16.0. The van der Waals surface area contributed by atoms with E-state index >= 15 is 0 Å². The number of hydrogen-bond donors (Lipinski definition) is 2. The molecule has 1 fully saturated rings. The molecule has 2 heterocycles. The van der Waals surface area contributed by atoms with E-state index in [0.29, 0.717) is 42.8 Å². The number of nitrogens with zero attached hydrogens (tertiary/aromatic N) is 3. The Bertz CT molecular complexity index is 670. The van der Waals surface area contributed by atoms with E-state index < -0.39 is 0 Å². The highest BCUT2D eigenvalue weighted by atomic mass is 35.5. The Balaban J connectivity index is 1.70. The molecule has 2 atom stereocenters. The van der Waals surface area contributed by atoms with Crippen LogP contribution in [0.4, 0.5) is 5.82 Å². The summed E-state index contributed by atoms with van der Waals surface area (Å²) >= 11 is 5.96. The van der Waals surface area contributed by atoms with Crippen molar-refractivity contribution in [1.82, 2.24) is 9.97 Å². The number of rotatable bonds is 5. The van der Waals surface area contributed by atoms with E-state index in [1.165, 1.54) is 0 Å². The first-order chi connectivity index (χ1) is 11.2. The van der Waals surface area contributed by atoms with Gasteiger partial charge in [0.25, 0.3) is 0 Å². The Hall–Kier alpha value is -1.89. The Labute approximate surface area is 139 Å². The summed E-state index contributed by atoms with van der Waals surface area (Å²) in [6, 6.07) is 7.55. The average Bonchev–Trinajstić information content (AvgIpc) is 2.94. The molecule has 1 saturated heterocycles. The molecule has 0 unspecified atom stereocenters. The van der Waals surface area contributed by atoms with Crippen LogP contribution < -0.4 is 15.4 Å². The Morgan fingerprint density at radius 1 is 1.39 bits per heavy atom. The number of aliphatic hydroxyl groups excluding tert-OH is 1. The van der Waals surface area contributed by atoms with Crippen molar-refractivity contribution in [3.63, 3.8) is 0 Å². The zero-order valence-corrected chi connectivity index (χ0v) is 13.4. The highest BCUT2D eigenvalue weighted by molar-refractivity contribution is 6.30. The third kappa shape index (κ3) is 3.90. The minimum Gasteiger partial charge on any atom is -0.472 e. The van der Waals surface area contributed by atoms with Gasteiger partial charge in [-0.1, -0.05) is 23.7 Å². The maximum absolute atomic E-state index is 9.82. The molecule has 3 rings (SSSR count). The van der Waals surface area contributed by atoms with Crippen molar-refractivity contribution < 1.29 is 9.84 Å². The maximum atomic E-state index is 9.82. The van der Waals surface area contributed by atoms with Gasteiger partial charge in [0.2, 0.25) is 5.88 Å². The van der Waals surface area contributed by atoms with E-state index in [1.54, 1.807) is 12.4 Å². The highest BCUT2D eigenvalue weighted by Crippen LogP contribution is 2.24. The van der Waals surface area contributed by atoms with Gasteiger partial charge in [-0.2, -0.15) is 4.98 Å². The smallest absolute Gasteiger partial charge is 0.234 e. The van der Waals surface area contributed by atoms with Gasteiger partial charge in [-0.25, -0.2) is 0 Å². The van der Waals surface area contributed by atoms with Crippen molar-refractivity contribution in [2.24, 2.45) is 5.73 Å². The minimum atomic E-state index is -0.388. The molecule has 1 aliphatic heterocycles. The molecular weight excluding hydrogens is 316 g/mol. The Kier molecular flexibility index (Phi) is 4.95. The average molecular weight is 335 g/mol. The number of halogens is 1. The molecule has 0 spiro atoms. The summed E-state index contributed by atoms with van der Waals surface area (Å²) in [5, 5.41) is 10.5. The van der Waals surface area contributed by atoms with Crippen LogP contribution in [-0.2, 0) is 6.61 Å². The number of benzene rings is 1. The lowest BCUT2D eigenvalue weighted by molar-refractivity contribution is 0.194. The zero-order valence-electron chi connectivity index (χ0n) is 12.6. The van der Waals surface area contributed by atoms with E-state index in [-0.39, 0.29) is 12.1 Å². The van der Waals surface area contributed by atoms with Crippen LogP contribution in [0.1, 0.15) is 12.0 Å². The third-order valence-corrected chi connectivity index (χ3v) is 4.07. The fourth-order valence-corrected chi connectivity index (χ4v) is 2.94. The fraction of sp³-hybridized carbons (Fsp3) is 0.375. The molecule has 1 aliphatic rings. The fourth-order valence-electron chi connectivity index (χ4n) is 2.73. The second-order valence-corrected chi connectivity index (χ2v) is 6.00. The first-order valence-corrected chi connectivity index (χ1v) is 7.87. The van der Waals surface area contributed by atoms with Crippen LogP contribution in [0.5, 0.6) is 5.88 Å². The number of aromatic nitrogens is 2. The zero-order chi connectivity index (χ0) is 16.2. The van der Waals surface area contributed by atoms with Crippen LogP contribution in [0.3, 0.4) is 0 Å². The summed E-state index contributed by atoms with van der Waals surface area (Å²) in [6.45, 7) is 1.34. The standard InChI is InChI=1S/C16H19ClN4O2/c17-12-3-1-2-11(4-12)10-23-16-8-19-7-15(20-16)21-9-14(22)5-13(21)6-18/h1-4,7-8,13-14,22H,5-6,9-10,18H2/t13-,14-/m1/s1. The molecule has 6 nitrogen and oxygen atoms in total. The summed E-state index contributed by atoms with van der Waals surface area (Å²) in [6.07, 6.45) is 3.48. The van der Waals surface area contributed by atoms with Crippen LogP contribution >= 0.6 is 11.6 Å². The van der Waals surface area contributed by atoms with Gasteiger partial charge in [0.05, 0.1) is 18.5 Å². The van der Waals surface area contributed by atoms with Crippen molar-refractivity contribution in [3.8, 4) is 5.88 Å². The number of hydrogen-bond acceptors (Lipinski definition) is 6. The molecule has 3 N–H and O–H groups in total. The molecule has 1 aromatic carbocycles. The van der Waals surface area contributed by atoms with Crippen molar-refractivity contribution >= 4 is 17.4 Å². The molecule has 1 aromatic heterocycles. The van der Waals surface area contributed by atoms with E-state index in [4.69, 9.17) is 22.1 Å². The lowest BCUT2D eigenvalue weighted by Gasteiger charge is -2.24. The summed E-state index contributed by atoms with van der Waals surface area (Å²) in [5.41, 5.74) is 6.73. The highest BCUT2D eigenvalue weighted by Gasteiger charge is 2.31. The molecule has 122 valence electrons. The Morgan fingerprint density at radius 3 is 3.04 bits per heavy atom. The molecule has 0 saturated carbocycles. The monoisotopic (exact) mass is 334 g/mol. The van der Waals surface area contributed by atoms with Gasteiger partial charge in [-0.15, -0.1) is 0 Å². The van der Waals surface area contributed by atoms with Crippen molar-refractivity contribution in [3.05, 3.63) is 47.2 Å². The normalized spacial score (nSPS) is 20.7. The van der Waals surface area contributed by atoms with Gasteiger partial charge in [0.15, 0.2) is 5.82 Å². The quantitative estimate of drug-likeness (QED) is 0.864. The number of ether oxygens (including phenoxy) is 1. The predicted octanol–water partition coefficient (Wildman–Crippen LogP) is 1.61. The van der Waals surface area contributed by atoms with E-state index in [1.807, 2.05) is 29.2 Å². The molecular formula is C16H19ClN4O2. The molecule has 0 radical (unpaired) electrons. The van der Waals surface area contributed by atoms with Gasteiger partial charge in [-0.3, -0.25) is 4.98 Å². The largest absolute Gasteiger partial charge is 0.472 e. The SMILES string of the molecule is NC[C@H]1C[C@@H](O)CN1c1cncc(OCc2cccc(Cl)c2)n1. The predicted molar refractivity (Wildman–Crippen MR) is 88.6 cm³/mol. The lowest BCUT2D eigenvalue weighted by Crippen LogP contribution is -2.36. The topological polar surface area (TPSA) is 84.5 Å². The van der Waals surface area contributed by atoms with E-state index in [0.717, 1.165) is 5.56 Å². The molecule has 23 heavy (non-hydrogen) atoms. The number of aliphatic hydroxyl groups is 1. The molecule has 2 aromatic rings. The minimum absolute atomic E-state index is 0.0717. The van der Waals surface area contributed by atoms with Gasteiger partial charge < -0.3 is 20.5 Å². The number of nitrogens with two attached hydrogens (primary N) is 1. The number of anilines is 1. The third-order valence-electron chi connectivity index (χ3n) is 3.83. The summed E-state index contributed by atoms with van der Waals surface area (Å²) < 4.78 is 5.69. The van der Waals surface area contributed by atoms with Crippen LogP contribution in [0, 0.1) is 0 Å². The van der Waals surface area contributed by atoms with E-state index in [2.05, 4.69) is 9.97 Å². The number of β-amino-alcohol motifs (C(OH)–C–C–N with tert-alkyl or cyclic N) is 1. The van der Waals surface area contributed by atoms with E-state index in [9.17, 15) is 5.11 Å². The van der Waals surface area contributed by atoms with Crippen LogP contribution in [-0.4, -0.2) is 40.3 Å². The molecule has 0 bridgehead atoms. The second-order valence-electron chi connectivity index (χ2n) is 5.57. The van der Waals surface area contributed by atoms with Gasteiger partial charge in [0.1, 0.15) is 6.61 Å². The van der Waals surface area contributed by atoms with Crippen LogP contribution in [0.25, 0.3) is 0 Å². The van der Waals surface area contributed by atoms with Crippen molar-refractivity contribution in [1.29, 1.82) is 0 Å². The summed E-state index contributed by atoms with van der Waals surface area (Å²) in [4.78, 5) is 10.6. The van der Waals surface area contributed by atoms with Crippen molar-refractivity contribution in [2.75, 3.05) is 18.0 Å². The molecule has 7 heteroatoms.